The molecule has 2 aliphatic rings. The van der Waals surface area contributed by atoms with Crippen LogP contribution in [0.25, 0.3) is 0 Å². The predicted molar refractivity (Wildman–Crippen MR) is 114 cm³/mol. The van der Waals surface area contributed by atoms with Crippen molar-refractivity contribution in [3.05, 3.63) is 71.0 Å². The number of benzene rings is 2. The molecule has 4 rings (SSSR count). The van der Waals surface area contributed by atoms with E-state index in [9.17, 15) is 4.39 Å². The first-order chi connectivity index (χ1) is 13.7. The van der Waals surface area contributed by atoms with Crippen molar-refractivity contribution in [1.29, 1.82) is 0 Å². The highest BCUT2D eigenvalue weighted by atomic mass is 19.1. The highest BCUT2D eigenvalue weighted by Crippen LogP contribution is 2.39. The Morgan fingerprint density at radius 3 is 2.14 bits per heavy atom. The molecule has 2 nitrogen and oxygen atoms in total. The van der Waals surface area contributed by atoms with E-state index in [1.54, 1.807) is 12.1 Å². The van der Waals surface area contributed by atoms with E-state index in [0.717, 1.165) is 32.7 Å². The maximum Gasteiger partial charge on any atom is 0.123 e. The lowest BCUT2D eigenvalue weighted by molar-refractivity contribution is 0.0547. The Morgan fingerprint density at radius 2 is 1.50 bits per heavy atom. The molecule has 2 fully saturated rings. The van der Waals surface area contributed by atoms with E-state index in [2.05, 4.69) is 41.0 Å². The van der Waals surface area contributed by atoms with E-state index in [0.29, 0.717) is 12.0 Å². The molecule has 1 saturated carbocycles. The normalized spacial score (nSPS) is 20.9. The molecule has 1 aliphatic heterocycles. The molecule has 0 aromatic heterocycles. The zero-order valence-corrected chi connectivity index (χ0v) is 17.1. The lowest BCUT2D eigenvalue weighted by Crippen LogP contribution is -2.48. The number of halogens is 1. The van der Waals surface area contributed by atoms with Crippen molar-refractivity contribution >= 4 is 0 Å². The Labute approximate surface area is 169 Å². The van der Waals surface area contributed by atoms with Gasteiger partial charge in [0.2, 0.25) is 0 Å². The Kier molecular flexibility index (Phi) is 6.43. The van der Waals surface area contributed by atoms with Gasteiger partial charge in [-0.2, -0.15) is 0 Å². The first-order valence-electron chi connectivity index (χ1n) is 11.0. The molecule has 28 heavy (non-hydrogen) atoms. The molecule has 1 atom stereocenters. The van der Waals surface area contributed by atoms with Gasteiger partial charge >= 0.3 is 0 Å². The van der Waals surface area contributed by atoms with Crippen LogP contribution < -0.4 is 0 Å². The number of nitrogens with zero attached hydrogens (tertiary/aromatic N) is 2. The molecule has 1 heterocycles. The molecule has 1 aliphatic carbocycles. The number of aryl methyl sites for hydroxylation is 1. The molecular weight excluding hydrogens is 347 g/mol. The predicted octanol–water partition coefficient (Wildman–Crippen LogP) is 5.57. The fourth-order valence-electron chi connectivity index (χ4n) is 5.04. The van der Waals surface area contributed by atoms with Gasteiger partial charge in [0, 0.05) is 38.8 Å². The van der Waals surface area contributed by atoms with Crippen LogP contribution in [-0.4, -0.2) is 36.0 Å². The van der Waals surface area contributed by atoms with Gasteiger partial charge < -0.3 is 0 Å². The summed E-state index contributed by atoms with van der Waals surface area (Å²) >= 11 is 0. The molecule has 0 amide bonds. The first-order valence-corrected chi connectivity index (χ1v) is 11.0. The van der Waals surface area contributed by atoms with Gasteiger partial charge in [-0.3, -0.25) is 9.80 Å². The van der Waals surface area contributed by atoms with Crippen LogP contribution in [0.4, 0.5) is 4.39 Å². The average molecular weight is 381 g/mol. The Hall–Kier alpha value is -1.71. The van der Waals surface area contributed by atoms with Gasteiger partial charge in [0.15, 0.2) is 0 Å². The molecule has 0 radical (unpaired) electrons. The van der Waals surface area contributed by atoms with E-state index in [4.69, 9.17) is 0 Å². The minimum Gasteiger partial charge on any atom is -0.297 e. The number of rotatable bonds is 5. The highest BCUT2D eigenvalue weighted by molar-refractivity contribution is 5.22. The molecule has 3 heteroatoms. The van der Waals surface area contributed by atoms with Crippen LogP contribution in [0.2, 0.25) is 0 Å². The van der Waals surface area contributed by atoms with Crippen LogP contribution >= 0.6 is 0 Å². The summed E-state index contributed by atoms with van der Waals surface area (Å²) in [6.07, 6.45) is 6.68. The van der Waals surface area contributed by atoms with E-state index in [1.807, 2.05) is 12.1 Å². The van der Waals surface area contributed by atoms with E-state index >= 15 is 0 Å². The van der Waals surface area contributed by atoms with Gasteiger partial charge in [-0.15, -0.1) is 0 Å². The largest absolute Gasteiger partial charge is 0.297 e. The standard InChI is InChI=1S/C25H33FN2/c1-20-7-9-21(10-8-20)19-27-15-17-28(18-16-27)25(22-5-3-2-4-6-22)23-11-13-24(26)14-12-23/h7-14,22,25H,2-6,15-19H2,1H3. The van der Waals surface area contributed by atoms with Crippen LogP contribution in [0.3, 0.4) is 0 Å². The molecule has 2 aromatic carbocycles. The second-order valence-electron chi connectivity index (χ2n) is 8.69. The molecule has 1 unspecified atom stereocenters. The maximum atomic E-state index is 13.5. The zero-order valence-electron chi connectivity index (χ0n) is 17.1. The van der Waals surface area contributed by atoms with Gasteiger partial charge in [-0.25, -0.2) is 4.39 Å². The number of hydrogen-bond acceptors (Lipinski definition) is 2. The van der Waals surface area contributed by atoms with Crippen molar-refractivity contribution in [2.75, 3.05) is 26.2 Å². The summed E-state index contributed by atoms with van der Waals surface area (Å²) < 4.78 is 13.5. The molecule has 0 N–H and O–H groups in total. The minimum atomic E-state index is -0.130. The van der Waals surface area contributed by atoms with Crippen molar-refractivity contribution in [2.45, 2.75) is 51.6 Å². The molecule has 2 aromatic rings. The summed E-state index contributed by atoms with van der Waals surface area (Å²) in [4.78, 5) is 5.25. The lowest BCUT2D eigenvalue weighted by Gasteiger charge is -2.43. The van der Waals surface area contributed by atoms with Crippen LogP contribution in [0, 0.1) is 18.7 Å². The second kappa shape index (κ2) is 9.19. The van der Waals surface area contributed by atoms with Crippen LogP contribution in [-0.2, 0) is 6.54 Å². The molecule has 0 bridgehead atoms. The Balaban J connectivity index is 1.42. The first kappa shape index (κ1) is 19.6. The Morgan fingerprint density at radius 1 is 0.857 bits per heavy atom. The summed E-state index contributed by atoms with van der Waals surface area (Å²) in [6.45, 7) is 7.60. The summed E-state index contributed by atoms with van der Waals surface area (Å²) in [5.74, 6) is 0.580. The van der Waals surface area contributed by atoms with Crippen molar-refractivity contribution in [2.24, 2.45) is 5.92 Å². The quantitative estimate of drug-likeness (QED) is 0.669. The van der Waals surface area contributed by atoms with Crippen LogP contribution in [0.1, 0.15) is 54.8 Å². The van der Waals surface area contributed by atoms with Gasteiger partial charge in [0.25, 0.3) is 0 Å². The fraction of sp³-hybridized carbons (Fsp3) is 0.520. The van der Waals surface area contributed by atoms with E-state index in [1.165, 1.54) is 48.8 Å². The van der Waals surface area contributed by atoms with Crippen molar-refractivity contribution in [3.63, 3.8) is 0 Å². The monoisotopic (exact) mass is 380 g/mol. The highest BCUT2D eigenvalue weighted by Gasteiger charge is 2.32. The summed E-state index contributed by atoms with van der Waals surface area (Å²) in [6, 6.07) is 16.7. The SMILES string of the molecule is Cc1ccc(CN2CCN(C(c3ccc(F)cc3)C3CCCCC3)CC2)cc1. The van der Waals surface area contributed by atoms with Crippen LogP contribution in [0.5, 0.6) is 0 Å². The van der Waals surface area contributed by atoms with Crippen molar-refractivity contribution < 1.29 is 4.39 Å². The third-order valence-corrected chi connectivity index (χ3v) is 6.63. The third-order valence-electron chi connectivity index (χ3n) is 6.63. The third kappa shape index (κ3) is 4.82. The summed E-state index contributed by atoms with van der Waals surface area (Å²) in [5, 5.41) is 0. The second-order valence-corrected chi connectivity index (χ2v) is 8.69. The van der Waals surface area contributed by atoms with Gasteiger partial charge in [0.05, 0.1) is 0 Å². The molecule has 1 saturated heterocycles. The topological polar surface area (TPSA) is 6.48 Å². The van der Waals surface area contributed by atoms with Crippen molar-refractivity contribution in [3.8, 4) is 0 Å². The zero-order chi connectivity index (χ0) is 19.3. The summed E-state index contributed by atoms with van der Waals surface area (Å²) in [5.41, 5.74) is 4.03. The molecule has 0 spiro atoms. The summed E-state index contributed by atoms with van der Waals surface area (Å²) in [7, 11) is 0. The number of piperazine rings is 1. The van der Waals surface area contributed by atoms with E-state index < -0.39 is 0 Å². The minimum absolute atomic E-state index is 0.130. The molecule has 150 valence electrons. The fourth-order valence-corrected chi connectivity index (χ4v) is 5.04. The van der Waals surface area contributed by atoms with Gasteiger partial charge in [-0.05, 0) is 48.9 Å². The van der Waals surface area contributed by atoms with E-state index in [-0.39, 0.29) is 5.82 Å². The molecular formula is C25H33FN2. The van der Waals surface area contributed by atoms with Crippen LogP contribution in [0.15, 0.2) is 48.5 Å². The smallest absolute Gasteiger partial charge is 0.123 e. The van der Waals surface area contributed by atoms with Gasteiger partial charge in [-0.1, -0.05) is 61.2 Å². The van der Waals surface area contributed by atoms with Crippen molar-refractivity contribution in [1.82, 2.24) is 9.80 Å². The Bertz CT molecular complexity index is 726. The lowest BCUT2D eigenvalue weighted by atomic mass is 9.80. The van der Waals surface area contributed by atoms with Gasteiger partial charge in [0.1, 0.15) is 5.82 Å². The number of hydrogen-bond donors (Lipinski definition) is 0. The maximum absolute atomic E-state index is 13.5. The average Bonchev–Trinajstić information content (AvgIpc) is 2.73.